The highest BCUT2D eigenvalue weighted by Gasteiger charge is 2.14. The molecule has 0 aliphatic carbocycles. The van der Waals surface area contributed by atoms with E-state index in [4.69, 9.17) is 9.88 Å². The summed E-state index contributed by atoms with van der Waals surface area (Å²) in [5.41, 5.74) is 1.86. The molecule has 8 heteroatoms. The Kier molecular flexibility index (Phi) is 5.63. The standard InChI is InChI=1S/C16H17BrN2O4S/c1-10-7-12(24(18,21)22)8-14(11(10)2)19-16(20)9-23-15-6-4-3-5-13(15)17/h3-8H,9H2,1-2H3,(H,19,20)(H2,18,21,22). The molecule has 1 amide bonds. The maximum atomic E-state index is 12.1. The maximum absolute atomic E-state index is 12.1. The number of hydrogen-bond donors (Lipinski definition) is 2. The topological polar surface area (TPSA) is 98.5 Å². The molecule has 2 aromatic rings. The second-order valence-electron chi connectivity index (χ2n) is 5.23. The van der Waals surface area contributed by atoms with Gasteiger partial charge in [0.2, 0.25) is 10.0 Å². The molecule has 3 N–H and O–H groups in total. The summed E-state index contributed by atoms with van der Waals surface area (Å²) >= 11 is 3.33. The van der Waals surface area contributed by atoms with E-state index in [-0.39, 0.29) is 11.5 Å². The van der Waals surface area contributed by atoms with Gasteiger partial charge in [-0.1, -0.05) is 12.1 Å². The number of hydrogen-bond acceptors (Lipinski definition) is 4. The summed E-state index contributed by atoms with van der Waals surface area (Å²) in [6, 6.07) is 9.97. The number of amides is 1. The molecular formula is C16H17BrN2O4S. The van der Waals surface area contributed by atoms with E-state index in [0.29, 0.717) is 17.0 Å². The highest BCUT2D eigenvalue weighted by molar-refractivity contribution is 9.10. The SMILES string of the molecule is Cc1cc(S(N)(=O)=O)cc(NC(=O)COc2ccccc2Br)c1C. The van der Waals surface area contributed by atoms with Crippen molar-refractivity contribution in [1.29, 1.82) is 0 Å². The lowest BCUT2D eigenvalue weighted by molar-refractivity contribution is -0.118. The number of primary sulfonamides is 1. The van der Waals surface area contributed by atoms with Crippen LogP contribution in [0.5, 0.6) is 5.75 Å². The van der Waals surface area contributed by atoms with E-state index >= 15 is 0 Å². The summed E-state index contributed by atoms with van der Waals surface area (Å²) in [4.78, 5) is 12.0. The van der Waals surface area contributed by atoms with E-state index < -0.39 is 15.9 Å². The number of benzene rings is 2. The van der Waals surface area contributed by atoms with E-state index in [9.17, 15) is 13.2 Å². The fourth-order valence-electron chi connectivity index (χ4n) is 2.01. The van der Waals surface area contributed by atoms with Gasteiger partial charge in [-0.3, -0.25) is 4.79 Å². The van der Waals surface area contributed by atoms with Gasteiger partial charge in [0, 0.05) is 5.69 Å². The monoisotopic (exact) mass is 412 g/mol. The minimum Gasteiger partial charge on any atom is -0.483 e. The molecule has 0 aliphatic heterocycles. The highest BCUT2D eigenvalue weighted by Crippen LogP contribution is 2.25. The third kappa shape index (κ3) is 4.56. The number of nitrogens with two attached hydrogens (primary N) is 1. The second kappa shape index (κ2) is 7.33. The first-order valence-electron chi connectivity index (χ1n) is 6.99. The maximum Gasteiger partial charge on any atom is 0.262 e. The number of carbonyl (C=O) groups is 1. The summed E-state index contributed by atoms with van der Waals surface area (Å²) in [7, 11) is -3.85. The van der Waals surface area contributed by atoms with Gasteiger partial charge in [-0.2, -0.15) is 0 Å². The quantitative estimate of drug-likeness (QED) is 0.788. The largest absolute Gasteiger partial charge is 0.483 e. The van der Waals surface area contributed by atoms with Crippen LogP contribution in [-0.2, 0) is 14.8 Å². The first kappa shape index (κ1) is 18.4. The van der Waals surface area contributed by atoms with Gasteiger partial charge in [-0.15, -0.1) is 0 Å². The molecule has 0 aromatic heterocycles. The van der Waals surface area contributed by atoms with Gasteiger partial charge in [-0.05, 0) is 65.2 Å². The van der Waals surface area contributed by atoms with Gasteiger partial charge >= 0.3 is 0 Å². The smallest absolute Gasteiger partial charge is 0.262 e. The number of para-hydroxylation sites is 1. The van der Waals surface area contributed by atoms with Gasteiger partial charge in [0.1, 0.15) is 5.75 Å². The third-order valence-electron chi connectivity index (χ3n) is 3.44. The van der Waals surface area contributed by atoms with Gasteiger partial charge in [-0.25, -0.2) is 13.6 Å². The Morgan fingerprint density at radius 1 is 1.25 bits per heavy atom. The van der Waals surface area contributed by atoms with Crippen molar-refractivity contribution < 1.29 is 17.9 Å². The summed E-state index contributed by atoms with van der Waals surface area (Å²) in [6.45, 7) is 3.32. The van der Waals surface area contributed by atoms with E-state index in [0.717, 1.165) is 10.0 Å². The Bertz CT molecular complexity index is 882. The molecule has 2 rings (SSSR count). The third-order valence-corrected chi connectivity index (χ3v) is 4.99. The van der Waals surface area contributed by atoms with E-state index in [2.05, 4.69) is 21.2 Å². The number of carbonyl (C=O) groups excluding carboxylic acids is 1. The van der Waals surface area contributed by atoms with Crippen LogP contribution in [0, 0.1) is 13.8 Å². The molecule has 0 radical (unpaired) electrons. The Labute approximate surface area is 149 Å². The van der Waals surface area contributed by atoms with Crippen molar-refractivity contribution in [3.63, 3.8) is 0 Å². The summed E-state index contributed by atoms with van der Waals surface area (Å²) in [6.07, 6.45) is 0. The summed E-state index contributed by atoms with van der Waals surface area (Å²) in [5, 5.41) is 7.81. The molecule has 0 unspecified atom stereocenters. The Balaban J connectivity index is 2.14. The van der Waals surface area contributed by atoms with Crippen molar-refractivity contribution in [2.24, 2.45) is 5.14 Å². The Hall–Kier alpha value is -1.90. The predicted octanol–water partition coefficient (Wildman–Crippen LogP) is 2.73. The summed E-state index contributed by atoms with van der Waals surface area (Å²) < 4.78 is 29.2. The molecular weight excluding hydrogens is 396 g/mol. The molecule has 0 heterocycles. The van der Waals surface area contributed by atoms with Crippen molar-refractivity contribution in [1.82, 2.24) is 0 Å². The average molecular weight is 413 g/mol. The molecule has 0 spiro atoms. The van der Waals surface area contributed by atoms with Crippen LogP contribution in [0.3, 0.4) is 0 Å². The van der Waals surface area contributed by atoms with Crippen molar-refractivity contribution in [2.75, 3.05) is 11.9 Å². The molecule has 2 aromatic carbocycles. The van der Waals surface area contributed by atoms with E-state index in [1.807, 2.05) is 6.07 Å². The van der Waals surface area contributed by atoms with Gasteiger partial charge in [0.15, 0.2) is 6.61 Å². The van der Waals surface area contributed by atoms with Crippen LogP contribution in [0.4, 0.5) is 5.69 Å². The van der Waals surface area contributed by atoms with Gasteiger partial charge < -0.3 is 10.1 Å². The minimum atomic E-state index is -3.85. The molecule has 6 nitrogen and oxygen atoms in total. The van der Waals surface area contributed by atoms with Crippen LogP contribution < -0.4 is 15.2 Å². The van der Waals surface area contributed by atoms with Crippen LogP contribution in [0.15, 0.2) is 45.8 Å². The molecule has 24 heavy (non-hydrogen) atoms. The number of anilines is 1. The molecule has 0 saturated heterocycles. The van der Waals surface area contributed by atoms with Gasteiger partial charge in [0.25, 0.3) is 5.91 Å². The zero-order valence-electron chi connectivity index (χ0n) is 13.2. The van der Waals surface area contributed by atoms with Crippen LogP contribution in [0.2, 0.25) is 0 Å². The fourth-order valence-corrected chi connectivity index (χ4v) is 3.03. The minimum absolute atomic E-state index is 0.0485. The number of aryl methyl sites for hydroxylation is 1. The Morgan fingerprint density at radius 2 is 1.92 bits per heavy atom. The van der Waals surface area contributed by atoms with Crippen molar-refractivity contribution in [3.05, 3.63) is 52.0 Å². The number of sulfonamides is 1. The Morgan fingerprint density at radius 3 is 2.54 bits per heavy atom. The number of nitrogens with one attached hydrogen (secondary N) is 1. The molecule has 0 saturated carbocycles. The second-order valence-corrected chi connectivity index (χ2v) is 7.64. The van der Waals surface area contributed by atoms with Crippen molar-refractivity contribution >= 4 is 37.5 Å². The van der Waals surface area contributed by atoms with Crippen LogP contribution >= 0.6 is 15.9 Å². The highest BCUT2D eigenvalue weighted by atomic mass is 79.9. The fraction of sp³-hybridized carbons (Fsp3) is 0.188. The zero-order chi connectivity index (χ0) is 17.9. The average Bonchev–Trinajstić information content (AvgIpc) is 2.50. The lowest BCUT2D eigenvalue weighted by Gasteiger charge is -2.13. The number of ether oxygens (including phenoxy) is 1. The predicted molar refractivity (Wildman–Crippen MR) is 95.6 cm³/mol. The normalized spacial score (nSPS) is 11.2. The number of rotatable bonds is 5. The van der Waals surface area contributed by atoms with Crippen LogP contribution in [-0.4, -0.2) is 20.9 Å². The van der Waals surface area contributed by atoms with E-state index in [1.54, 1.807) is 32.0 Å². The zero-order valence-corrected chi connectivity index (χ0v) is 15.6. The lowest BCUT2D eigenvalue weighted by atomic mass is 10.1. The summed E-state index contributed by atoms with van der Waals surface area (Å²) in [5.74, 6) is 0.138. The molecule has 0 bridgehead atoms. The van der Waals surface area contributed by atoms with E-state index in [1.165, 1.54) is 12.1 Å². The number of halogens is 1. The van der Waals surface area contributed by atoms with Crippen molar-refractivity contribution in [2.45, 2.75) is 18.7 Å². The molecule has 0 fully saturated rings. The molecule has 128 valence electrons. The molecule has 0 atom stereocenters. The van der Waals surface area contributed by atoms with Gasteiger partial charge in [0.05, 0.1) is 9.37 Å². The van der Waals surface area contributed by atoms with Crippen LogP contribution in [0.25, 0.3) is 0 Å². The van der Waals surface area contributed by atoms with Crippen molar-refractivity contribution in [3.8, 4) is 5.75 Å². The lowest BCUT2D eigenvalue weighted by Crippen LogP contribution is -2.21. The first-order chi connectivity index (χ1) is 11.2. The van der Waals surface area contributed by atoms with Crippen LogP contribution in [0.1, 0.15) is 11.1 Å². The first-order valence-corrected chi connectivity index (χ1v) is 9.33. The molecule has 0 aliphatic rings.